The van der Waals surface area contributed by atoms with Crippen LogP contribution >= 0.6 is 0 Å². The monoisotopic (exact) mass is 851 g/mol. The molecule has 50 heavy (non-hydrogen) atoms. The van der Waals surface area contributed by atoms with E-state index in [1.54, 1.807) is 6.33 Å². The number of pyridine rings is 1. The quantitative estimate of drug-likeness (QED) is 0.0692. The van der Waals surface area contributed by atoms with Crippen LogP contribution in [0.1, 0.15) is 112 Å². The number of benzene rings is 3. The van der Waals surface area contributed by atoms with E-state index in [0.717, 1.165) is 70.9 Å². The van der Waals surface area contributed by atoms with E-state index in [0.29, 0.717) is 0 Å². The zero-order valence-electron chi connectivity index (χ0n) is 32.0. The Balaban J connectivity index is 0.000000361. The number of rotatable bonds is 9. The Morgan fingerprint density at radius 2 is 1.48 bits per heavy atom. The summed E-state index contributed by atoms with van der Waals surface area (Å²) < 4.78 is 0. The van der Waals surface area contributed by atoms with Crippen LogP contribution in [0.15, 0.2) is 66.7 Å². The van der Waals surface area contributed by atoms with E-state index in [9.17, 15) is 9.90 Å². The van der Waals surface area contributed by atoms with Crippen LogP contribution in [-0.4, -0.2) is 25.8 Å². The predicted molar refractivity (Wildman–Crippen MR) is 207 cm³/mol. The minimum absolute atomic E-state index is 0. The van der Waals surface area contributed by atoms with E-state index in [-0.39, 0.29) is 54.3 Å². The van der Waals surface area contributed by atoms with Gasteiger partial charge in [0.15, 0.2) is 5.78 Å². The van der Waals surface area contributed by atoms with Crippen molar-refractivity contribution in [1.29, 1.82) is 0 Å². The molecule has 1 radical (unpaired) electrons. The standard InChI is InChI=1S/C31H32N3.C13H24O2.Ir/c1-19-12-13-20-14-21(15-25(28(20)34-19)31(5,6)7)29-27-24-11-9-8-10-23(24)22(17-30(2,3)4)16-26(27)32-18-33-29;1-5-10(6-2)12(14)9-13(15)11(7-3)8-4;/h8-13,15-16,18H,17H2,1-7H3;9-11,14H,5-8H2,1-4H3;/q-1;;/b;12-9-;. The van der Waals surface area contributed by atoms with Gasteiger partial charge in [-0.1, -0.05) is 116 Å². The SMILES string of the molecule is CCC(CC)C(=O)/C=C(\O)C(CC)CC.Cc1ccc2[c-]c(-c3ncnc4cc(CC(C)(C)C)c5ccccc5c34)cc(C(C)(C)C)c2n1.[Ir]. The number of aliphatic hydroxyl groups excluding tert-OH is 1. The zero-order valence-corrected chi connectivity index (χ0v) is 34.4. The molecule has 5 aromatic rings. The summed E-state index contributed by atoms with van der Waals surface area (Å²) in [6.45, 7) is 23.7. The Morgan fingerprint density at radius 3 is 2.06 bits per heavy atom. The van der Waals surface area contributed by atoms with Gasteiger partial charge in [0, 0.05) is 60.3 Å². The predicted octanol–water partition coefficient (Wildman–Crippen LogP) is 11.9. The molecular weight excluding hydrogens is 795 g/mol. The van der Waals surface area contributed by atoms with Gasteiger partial charge in [-0.2, -0.15) is 0 Å². The van der Waals surface area contributed by atoms with Crippen molar-refractivity contribution in [2.45, 2.75) is 114 Å². The molecule has 2 aromatic heterocycles. The molecule has 3 aromatic carbocycles. The maximum atomic E-state index is 11.7. The number of carbonyl (C=O) groups is 1. The summed E-state index contributed by atoms with van der Waals surface area (Å²) in [5.41, 5.74) is 7.60. The second-order valence-corrected chi connectivity index (χ2v) is 15.6. The molecule has 5 rings (SSSR count). The minimum atomic E-state index is -0.0618. The smallest absolute Gasteiger partial charge is 0.162 e. The Hall–Kier alpha value is -3.47. The van der Waals surface area contributed by atoms with E-state index >= 15 is 0 Å². The molecule has 0 fully saturated rings. The fraction of sp³-hybridized carbons (Fsp3) is 0.455. The number of carbonyl (C=O) groups excluding carboxylic acids is 1. The maximum absolute atomic E-state index is 11.7. The normalized spacial score (nSPS) is 12.4. The first-order chi connectivity index (χ1) is 23.1. The van der Waals surface area contributed by atoms with Crippen LogP contribution in [0.25, 0.3) is 43.8 Å². The molecule has 0 saturated carbocycles. The summed E-state index contributed by atoms with van der Waals surface area (Å²) in [6, 6.07) is 21.0. The van der Waals surface area contributed by atoms with Gasteiger partial charge < -0.3 is 5.11 Å². The van der Waals surface area contributed by atoms with Crippen molar-refractivity contribution in [1.82, 2.24) is 15.0 Å². The minimum Gasteiger partial charge on any atom is -0.512 e. The molecule has 0 unspecified atom stereocenters. The second-order valence-electron chi connectivity index (χ2n) is 15.6. The molecule has 0 aliphatic carbocycles. The molecule has 0 amide bonds. The Morgan fingerprint density at radius 1 is 0.860 bits per heavy atom. The van der Waals surface area contributed by atoms with Crippen LogP contribution in [0, 0.1) is 30.2 Å². The number of hydrogen-bond donors (Lipinski definition) is 1. The number of aliphatic hydroxyl groups is 1. The molecule has 5 nitrogen and oxygen atoms in total. The summed E-state index contributed by atoms with van der Waals surface area (Å²) in [5, 5.41) is 14.3. The molecule has 0 aliphatic rings. The molecular formula is C44H56IrN3O2-. The van der Waals surface area contributed by atoms with Crippen LogP contribution in [-0.2, 0) is 36.7 Å². The largest absolute Gasteiger partial charge is 0.512 e. The van der Waals surface area contributed by atoms with Gasteiger partial charge in [0.05, 0.1) is 11.3 Å². The Kier molecular flexibility index (Phi) is 14.1. The Labute approximate surface area is 313 Å². The fourth-order valence-corrected chi connectivity index (χ4v) is 6.66. The van der Waals surface area contributed by atoms with Crippen LogP contribution < -0.4 is 0 Å². The fourth-order valence-electron chi connectivity index (χ4n) is 6.66. The van der Waals surface area contributed by atoms with Crippen molar-refractivity contribution in [3.05, 3.63) is 89.6 Å². The molecule has 269 valence electrons. The first-order valence-corrected chi connectivity index (χ1v) is 18.1. The van der Waals surface area contributed by atoms with Crippen molar-refractivity contribution >= 4 is 38.4 Å². The molecule has 2 heterocycles. The average Bonchev–Trinajstić information content (AvgIpc) is 3.04. The van der Waals surface area contributed by atoms with Gasteiger partial charge in [-0.25, -0.2) is 4.98 Å². The van der Waals surface area contributed by atoms with Crippen LogP contribution in [0.5, 0.6) is 0 Å². The molecule has 0 atom stereocenters. The van der Waals surface area contributed by atoms with E-state index in [1.807, 2.05) is 34.6 Å². The number of ketones is 1. The number of allylic oxidation sites excluding steroid dienone is 2. The zero-order chi connectivity index (χ0) is 36.1. The van der Waals surface area contributed by atoms with Crippen LogP contribution in [0.3, 0.4) is 0 Å². The summed E-state index contributed by atoms with van der Waals surface area (Å²) in [4.78, 5) is 26.1. The molecule has 0 aliphatic heterocycles. The second kappa shape index (κ2) is 17.2. The van der Waals surface area contributed by atoms with Crippen LogP contribution in [0.4, 0.5) is 0 Å². The Bertz CT molecular complexity index is 1960. The molecule has 0 bridgehead atoms. The van der Waals surface area contributed by atoms with Gasteiger partial charge >= 0.3 is 0 Å². The number of aryl methyl sites for hydroxylation is 1. The molecule has 6 heteroatoms. The topological polar surface area (TPSA) is 76.0 Å². The first-order valence-electron chi connectivity index (χ1n) is 18.1. The number of aromatic nitrogens is 3. The van der Waals surface area contributed by atoms with Gasteiger partial charge in [-0.3, -0.25) is 14.8 Å². The summed E-state index contributed by atoms with van der Waals surface area (Å²) in [6.07, 6.45) is 7.59. The van der Waals surface area contributed by atoms with Crippen molar-refractivity contribution in [2.24, 2.45) is 17.3 Å². The van der Waals surface area contributed by atoms with Crippen LogP contribution in [0.2, 0.25) is 0 Å². The van der Waals surface area contributed by atoms with Crippen molar-refractivity contribution in [2.75, 3.05) is 0 Å². The van der Waals surface area contributed by atoms with Gasteiger partial charge in [0.1, 0.15) is 6.33 Å². The summed E-state index contributed by atoms with van der Waals surface area (Å²) >= 11 is 0. The third kappa shape index (κ3) is 9.65. The number of fused-ring (bicyclic) bond motifs is 4. The van der Waals surface area contributed by atoms with E-state index < -0.39 is 0 Å². The summed E-state index contributed by atoms with van der Waals surface area (Å²) in [5.74, 6) is 0.547. The van der Waals surface area contributed by atoms with Crippen molar-refractivity contribution in [3.63, 3.8) is 0 Å². The van der Waals surface area contributed by atoms with E-state index in [4.69, 9.17) is 15.0 Å². The number of hydrogen-bond acceptors (Lipinski definition) is 5. The molecule has 1 N–H and O–H groups in total. The summed E-state index contributed by atoms with van der Waals surface area (Å²) in [7, 11) is 0. The van der Waals surface area contributed by atoms with Gasteiger partial charge in [-0.05, 0) is 72.3 Å². The van der Waals surface area contributed by atoms with Gasteiger partial charge in [0.2, 0.25) is 0 Å². The first kappa shape index (κ1) is 41.0. The third-order valence-electron chi connectivity index (χ3n) is 9.44. The van der Waals surface area contributed by atoms with Gasteiger partial charge in [-0.15, -0.1) is 18.2 Å². The van der Waals surface area contributed by atoms with Gasteiger partial charge in [0.25, 0.3) is 0 Å². The van der Waals surface area contributed by atoms with Crippen molar-refractivity contribution < 1.29 is 30.0 Å². The number of nitrogens with zero attached hydrogens (tertiary/aromatic N) is 3. The average molecular weight is 851 g/mol. The van der Waals surface area contributed by atoms with E-state index in [1.165, 1.54) is 28.0 Å². The molecule has 0 saturated heterocycles. The van der Waals surface area contributed by atoms with E-state index in [2.05, 4.69) is 96.1 Å². The van der Waals surface area contributed by atoms with Crippen molar-refractivity contribution in [3.8, 4) is 11.3 Å². The third-order valence-corrected chi connectivity index (χ3v) is 9.44. The maximum Gasteiger partial charge on any atom is 0.162 e. The molecule has 0 spiro atoms.